The average Bonchev–Trinajstić information content (AvgIpc) is 3.62. The van der Waals surface area contributed by atoms with Crippen molar-refractivity contribution in [3.8, 4) is 44.5 Å². The van der Waals surface area contributed by atoms with E-state index < -0.39 is 78.1 Å². The fourth-order valence-corrected chi connectivity index (χ4v) is 6.21. The lowest BCUT2D eigenvalue weighted by Crippen LogP contribution is -1.91. The van der Waals surface area contributed by atoms with Crippen molar-refractivity contribution < 1.29 is 23.6 Å². The van der Waals surface area contributed by atoms with E-state index in [4.69, 9.17) is 20.9 Å². The van der Waals surface area contributed by atoms with Crippen molar-refractivity contribution in [2.45, 2.75) is 0 Å². The Morgan fingerprint density at radius 3 is 1.53 bits per heavy atom. The first kappa shape index (κ1) is 15.2. The number of hydrogen-bond acceptors (Lipinski definition) is 1. The summed E-state index contributed by atoms with van der Waals surface area (Å²) in [6.45, 7) is 0. The molecule has 0 atom stereocenters. The first-order valence-electron chi connectivity index (χ1n) is 21.3. The Morgan fingerprint density at radius 1 is 0.378 bits per heavy atom. The van der Waals surface area contributed by atoms with Crippen LogP contribution in [0.1, 0.15) is 19.2 Å². The number of hydrogen-bond donors (Lipinski definition) is 0. The standard InChI is InChI=1S/C44H28O/c1-3-12-29(13-4-1)31-22-24-32(25-23-31)42-34-16-7-9-18-36(34)43(37-19-10-8-17-35(37)42)39-20-11-21-40-44(39)38-27-26-33(28-41(38)45-40)30-14-5-2-6-15-30/h1-28H/i1D,2D,3D,4D,5D,6D,12D,13D,14D,15D,22D,23D,24D,25D. The summed E-state index contributed by atoms with van der Waals surface area (Å²) in [5.41, 5.74) is 2.62. The molecule has 9 aromatic rings. The molecule has 9 rings (SSSR count). The summed E-state index contributed by atoms with van der Waals surface area (Å²) in [4.78, 5) is 0. The van der Waals surface area contributed by atoms with Gasteiger partial charge in [-0.2, -0.15) is 0 Å². The number of benzene rings is 8. The Labute approximate surface area is 281 Å². The summed E-state index contributed by atoms with van der Waals surface area (Å²) in [6, 6.07) is 18.5. The molecule has 0 aliphatic carbocycles. The highest BCUT2D eigenvalue weighted by Gasteiger charge is 2.20. The molecule has 0 fully saturated rings. The molecular formula is C44H28O. The van der Waals surface area contributed by atoms with Crippen LogP contribution >= 0.6 is 0 Å². The van der Waals surface area contributed by atoms with Gasteiger partial charge in [-0.15, -0.1) is 0 Å². The Hall–Kier alpha value is -5.92. The normalized spacial score (nSPS) is 15.9. The molecule has 1 aromatic heterocycles. The third-order valence-corrected chi connectivity index (χ3v) is 8.11. The van der Waals surface area contributed by atoms with E-state index in [-0.39, 0.29) is 28.8 Å². The van der Waals surface area contributed by atoms with Gasteiger partial charge < -0.3 is 4.42 Å². The molecule has 0 radical (unpaired) electrons. The Kier molecular flexibility index (Phi) is 3.50. The second-order valence-corrected chi connectivity index (χ2v) is 10.6. The van der Waals surface area contributed by atoms with Gasteiger partial charge in [0.05, 0.1) is 19.2 Å². The average molecular weight is 587 g/mol. The summed E-state index contributed by atoms with van der Waals surface area (Å²) in [5.74, 6) is 0. The van der Waals surface area contributed by atoms with E-state index in [1.165, 1.54) is 0 Å². The minimum absolute atomic E-state index is 0.0118. The van der Waals surface area contributed by atoms with E-state index in [9.17, 15) is 2.74 Å². The largest absolute Gasteiger partial charge is 0.456 e. The van der Waals surface area contributed by atoms with Crippen LogP contribution in [-0.4, -0.2) is 0 Å². The topological polar surface area (TPSA) is 13.1 Å². The van der Waals surface area contributed by atoms with Gasteiger partial charge in [0.15, 0.2) is 0 Å². The minimum atomic E-state index is -0.649. The zero-order valence-electron chi connectivity index (χ0n) is 37.5. The van der Waals surface area contributed by atoms with Gasteiger partial charge in [0.1, 0.15) is 11.2 Å². The van der Waals surface area contributed by atoms with Crippen LogP contribution in [0.3, 0.4) is 0 Å². The molecule has 0 aliphatic rings. The zero-order chi connectivity index (χ0) is 41.9. The van der Waals surface area contributed by atoms with Crippen LogP contribution in [0, 0.1) is 0 Å². The maximum absolute atomic E-state index is 9.33. The van der Waals surface area contributed by atoms with Gasteiger partial charge in [0, 0.05) is 10.8 Å². The molecule has 210 valence electrons. The third-order valence-electron chi connectivity index (χ3n) is 8.11. The van der Waals surface area contributed by atoms with Gasteiger partial charge in [-0.3, -0.25) is 0 Å². The van der Waals surface area contributed by atoms with Crippen molar-refractivity contribution in [2.24, 2.45) is 0 Å². The second kappa shape index (κ2) is 10.4. The lowest BCUT2D eigenvalue weighted by atomic mass is 9.84. The Balaban J connectivity index is 1.32. The highest BCUT2D eigenvalue weighted by atomic mass is 16.3. The minimum Gasteiger partial charge on any atom is -0.456 e. The summed E-state index contributed by atoms with van der Waals surface area (Å²) >= 11 is 0. The van der Waals surface area contributed by atoms with Gasteiger partial charge in [0.2, 0.25) is 0 Å². The van der Waals surface area contributed by atoms with Crippen LogP contribution in [-0.2, 0) is 0 Å². The smallest absolute Gasteiger partial charge is 0.136 e. The van der Waals surface area contributed by atoms with E-state index >= 15 is 0 Å². The first-order valence-corrected chi connectivity index (χ1v) is 14.3. The molecule has 0 N–H and O–H groups in total. The lowest BCUT2D eigenvalue weighted by Gasteiger charge is -2.18. The Morgan fingerprint density at radius 2 is 0.911 bits per heavy atom. The molecule has 0 spiro atoms. The van der Waals surface area contributed by atoms with Crippen molar-refractivity contribution in [2.75, 3.05) is 0 Å². The quantitative estimate of drug-likeness (QED) is 0.187. The maximum Gasteiger partial charge on any atom is 0.136 e. The zero-order valence-corrected chi connectivity index (χ0v) is 23.5. The molecule has 0 amide bonds. The van der Waals surface area contributed by atoms with Gasteiger partial charge in [-0.05, 0) is 84.3 Å². The van der Waals surface area contributed by atoms with Crippen LogP contribution in [0.25, 0.3) is 88.0 Å². The second-order valence-electron chi connectivity index (χ2n) is 10.6. The van der Waals surface area contributed by atoms with Crippen LogP contribution in [0.4, 0.5) is 0 Å². The molecule has 0 unspecified atom stereocenters. The van der Waals surface area contributed by atoms with E-state index in [0.717, 1.165) is 27.3 Å². The first-order chi connectivity index (χ1) is 28.1. The fraction of sp³-hybridized carbons (Fsp3) is 0. The van der Waals surface area contributed by atoms with E-state index in [2.05, 4.69) is 0 Å². The molecule has 8 aromatic carbocycles. The van der Waals surface area contributed by atoms with E-state index in [1.807, 2.05) is 66.7 Å². The van der Waals surface area contributed by atoms with E-state index in [1.54, 1.807) is 18.2 Å². The number of fused-ring (bicyclic) bond motifs is 5. The molecule has 1 heteroatoms. The van der Waals surface area contributed by atoms with Gasteiger partial charge in [-0.25, -0.2) is 0 Å². The highest BCUT2D eigenvalue weighted by molar-refractivity contribution is 6.25. The molecule has 1 nitrogen and oxygen atoms in total. The van der Waals surface area contributed by atoms with Gasteiger partial charge in [0.25, 0.3) is 0 Å². The maximum atomic E-state index is 9.33. The predicted molar refractivity (Wildman–Crippen MR) is 190 cm³/mol. The van der Waals surface area contributed by atoms with Crippen molar-refractivity contribution in [3.63, 3.8) is 0 Å². The molecule has 0 saturated heterocycles. The molecular weight excluding hydrogens is 544 g/mol. The van der Waals surface area contributed by atoms with Crippen LogP contribution in [0.2, 0.25) is 0 Å². The summed E-state index contributed by atoms with van der Waals surface area (Å²) in [7, 11) is 0. The number of furan rings is 1. The SMILES string of the molecule is [2H]c1c([2H])c([2H])c(-c2ccc3c(c2)oc2cccc(-c4c5ccccc5c(-c5c([2H])c([2H])c(-c6c([2H])c([2H])c([2H])c([2H])c6[2H])c([2H])c5[2H])c5ccccc45)c23)c([2H])c1[2H]. The van der Waals surface area contributed by atoms with Crippen molar-refractivity contribution >= 4 is 43.5 Å². The molecule has 45 heavy (non-hydrogen) atoms. The number of rotatable bonds is 4. The van der Waals surface area contributed by atoms with Crippen LogP contribution in [0.5, 0.6) is 0 Å². The lowest BCUT2D eigenvalue weighted by molar-refractivity contribution is 0.669. The van der Waals surface area contributed by atoms with Crippen molar-refractivity contribution in [1.82, 2.24) is 0 Å². The van der Waals surface area contributed by atoms with Gasteiger partial charge >= 0.3 is 0 Å². The molecule has 0 aliphatic heterocycles. The molecule has 0 saturated carbocycles. The monoisotopic (exact) mass is 586 g/mol. The highest BCUT2D eigenvalue weighted by Crippen LogP contribution is 2.47. The van der Waals surface area contributed by atoms with Gasteiger partial charge in [-0.1, -0.05) is 151 Å². The summed E-state index contributed by atoms with van der Waals surface area (Å²) in [6.07, 6.45) is 0. The summed E-state index contributed by atoms with van der Waals surface area (Å²) in [5, 5.41) is 4.16. The van der Waals surface area contributed by atoms with Crippen LogP contribution < -0.4 is 0 Å². The van der Waals surface area contributed by atoms with Crippen molar-refractivity contribution in [3.05, 3.63) is 170 Å². The van der Waals surface area contributed by atoms with Crippen LogP contribution in [0.15, 0.2) is 174 Å². The van der Waals surface area contributed by atoms with E-state index in [0.29, 0.717) is 38.5 Å². The molecule has 0 bridgehead atoms. The summed E-state index contributed by atoms with van der Waals surface area (Å²) < 4.78 is 126. The van der Waals surface area contributed by atoms with Crippen molar-refractivity contribution in [1.29, 1.82) is 0 Å². The Bertz CT molecular complexity index is 3190. The molecule has 1 heterocycles. The predicted octanol–water partition coefficient (Wildman–Crippen LogP) is 12.6. The third kappa shape index (κ3) is 4.17. The fourth-order valence-electron chi connectivity index (χ4n) is 6.21.